The first-order chi connectivity index (χ1) is 12.0. The van der Waals surface area contributed by atoms with Gasteiger partial charge in [0.25, 0.3) is 0 Å². The molecule has 2 rings (SSSR count). The van der Waals surface area contributed by atoms with Crippen LogP contribution in [0.1, 0.15) is 33.6 Å². The van der Waals surface area contributed by atoms with E-state index in [0.29, 0.717) is 43.7 Å². The summed E-state index contributed by atoms with van der Waals surface area (Å²) in [6.07, 6.45) is 1.78. The first kappa shape index (κ1) is 20.0. The van der Waals surface area contributed by atoms with E-state index in [1.54, 1.807) is 22.5 Å². The third-order valence-corrected chi connectivity index (χ3v) is 6.30. The topological polar surface area (TPSA) is 67.9 Å². The number of sulfonamides is 1. The average Bonchev–Trinajstić information content (AvgIpc) is 2.62. The Morgan fingerprint density at radius 2 is 1.72 bits per heavy atom. The summed E-state index contributed by atoms with van der Waals surface area (Å²) in [6, 6.07) is 4.86. The van der Waals surface area contributed by atoms with Gasteiger partial charge in [-0.05, 0) is 57.8 Å². The predicted molar refractivity (Wildman–Crippen MR) is 98.8 cm³/mol. The van der Waals surface area contributed by atoms with Crippen molar-refractivity contribution < 1.29 is 17.9 Å². The van der Waals surface area contributed by atoms with Crippen LogP contribution in [0.3, 0.4) is 0 Å². The van der Waals surface area contributed by atoms with Crippen molar-refractivity contribution in [3.8, 4) is 11.5 Å². The van der Waals surface area contributed by atoms with E-state index in [0.717, 1.165) is 25.9 Å². The first-order valence-corrected chi connectivity index (χ1v) is 10.6. The lowest BCUT2D eigenvalue weighted by molar-refractivity contribution is 0.268. The molecular formula is C18H30N2O4S. The Kier molecular flexibility index (Phi) is 7.53. The number of rotatable bonds is 9. The van der Waals surface area contributed by atoms with E-state index in [4.69, 9.17) is 9.47 Å². The summed E-state index contributed by atoms with van der Waals surface area (Å²) in [5.41, 5.74) is 0. The summed E-state index contributed by atoms with van der Waals surface area (Å²) in [7, 11) is -3.50. The minimum atomic E-state index is -3.50. The van der Waals surface area contributed by atoms with E-state index in [-0.39, 0.29) is 4.90 Å². The molecule has 0 unspecified atom stereocenters. The predicted octanol–water partition coefficient (Wildman–Crippen LogP) is 2.49. The Bertz CT molecular complexity index is 640. The molecule has 1 aromatic carbocycles. The highest BCUT2D eigenvalue weighted by molar-refractivity contribution is 7.89. The molecule has 0 spiro atoms. The highest BCUT2D eigenvalue weighted by atomic mass is 32.2. The number of nitrogens with one attached hydrogen (secondary N) is 1. The van der Waals surface area contributed by atoms with E-state index >= 15 is 0 Å². The molecule has 1 aromatic rings. The Labute approximate surface area is 151 Å². The fourth-order valence-electron chi connectivity index (χ4n) is 3.04. The van der Waals surface area contributed by atoms with Crippen molar-refractivity contribution in [2.24, 2.45) is 5.92 Å². The van der Waals surface area contributed by atoms with Gasteiger partial charge in [-0.25, -0.2) is 8.42 Å². The van der Waals surface area contributed by atoms with Crippen LogP contribution in [-0.4, -0.2) is 52.1 Å². The number of nitrogens with zero attached hydrogens (tertiary/aromatic N) is 1. The number of benzene rings is 1. The highest BCUT2D eigenvalue weighted by Gasteiger charge is 2.30. The minimum Gasteiger partial charge on any atom is -0.490 e. The lowest BCUT2D eigenvalue weighted by Crippen LogP contribution is -2.40. The second-order valence-electron chi connectivity index (χ2n) is 6.13. The Morgan fingerprint density at radius 3 is 2.32 bits per heavy atom. The highest BCUT2D eigenvalue weighted by Crippen LogP contribution is 2.32. The summed E-state index contributed by atoms with van der Waals surface area (Å²) < 4.78 is 38.6. The fraction of sp³-hybridized carbons (Fsp3) is 0.667. The Hall–Kier alpha value is -1.31. The zero-order valence-corrected chi connectivity index (χ0v) is 16.3. The van der Waals surface area contributed by atoms with E-state index in [2.05, 4.69) is 12.2 Å². The lowest BCUT2D eigenvalue weighted by atomic mass is 9.98. The van der Waals surface area contributed by atoms with Crippen molar-refractivity contribution in [2.45, 2.75) is 38.5 Å². The van der Waals surface area contributed by atoms with Gasteiger partial charge in [-0.3, -0.25) is 0 Å². The molecule has 0 radical (unpaired) electrons. The molecule has 1 heterocycles. The monoisotopic (exact) mass is 370 g/mol. The van der Waals surface area contributed by atoms with Crippen LogP contribution in [0.5, 0.6) is 11.5 Å². The molecular weight excluding hydrogens is 340 g/mol. The van der Waals surface area contributed by atoms with Gasteiger partial charge >= 0.3 is 0 Å². The molecule has 0 bridgehead atoms. The van der Waals surface area contributed by atoms with Crippen LogP contribution in [0, 0.1) is 5.92 Å². The lowest BCUT2D eigenvalue weighted by Gasteiger charge is -2.31. The van der Waals surface area contributed by atoms with Crippen molar-refractivity contribution in [3.63, 3.8) is 0 Å². The van der Waals surface area contributed by atoms with Gasteiger partial charge < -0.3 is 14.8 Å². The second-order valence-corrected chi connectivity index (χ2v) is 8.07. The van der Waals surface area contributed by atoms with Gasteiger partial charge in [-0.15, -0.1) is 0 Å². The molecule has 0 atom stereocenters. The van der Waals surface area contributed by atoms with Crippen molar-refractivity contribution in [1.29, 1.82) is 0 Å². The first-order valence-electron chi connectivity index (χ1n) is 9.13. The van der Waals surface area contributed by atoms with Crippen molar-refractivity contribution in [1.82, 2.24) is 9.62 Å². The van der Waals surface area contributed by atoms with E-state index < -0.39 is 10.0 Å². The van der Waals surface area contributed by atoms with Gasteiger partial charge in [0, 0.05) is 19.2 Å². The molecule has 1 saturated heterocycles. The Morgan fingerprint density at radius 1 is 1.08 bits per heavy atom. The Balaban J connectivity index is 2.12. The second kappa shape index (κ2) is 9.40. The number of hydrogen-bond donors (Lipinski definition) is 1. The van der Waals surface area contributed by atoms with Crippen LogP contribution in [0.15, 0.2) is 23.1 Å². The smallest absolute Gasteiger partial charge is 0.243 e. The largest absolute Gasteiger partial charge is 0.490 e. The molecule has 0 amide bonds. The molecule has 25 heavy (non-hydrogen) atoms. The molecule has 1 aliphatic rings. The average molecular weight is 371 g/mol. The summed E-state index contributed by atoms with van der Waals surface area (Å²) in [5, 5.41) is 3.34. The summed E-state index contributed by atoms with van der Waals surface area (Å²) in [4.78, 5) is 0.268. The molecule has 142 valence electrons. The molecule has 0 aliphatic carbocycles. The van der Waals surface area contributed by atoms with Gasteiger partial charge in [0.15, 0.2) is 11.5 Å². The molecule has 6 nitrogen and oxygen atoms in total. The van der Waals surface area contributed by atoms with E-state index in [1.807, 2.05) is 13.8 Å². The fourth-order valence-corrected chi connectivity index (χ4v) is 4.53. The SMILES string of the molecule is CCNCC1CCN(S(=O)(=O)c2ccc(OCC)c(OCC)c2)CC1. The maximum atomic E-state index is 12.9. The maximum absolute atomic E-state index is 12.9. The third-order valence-electron chi connectivity index (χ3n) is 4.41. The zero-order valence-electron chi connectivity index (χ0n) is 15.5. The van der Waals surface area contributed by atoms with Gasteiger partial charge in [0.1, 0.15) is 0 Å². The van der Waals surface area contributed by atoms with Gasteiger partial charge in [-0.2, -0.15) is 4.31 Å². The molecule has 0 aromatic heterocycles. The minimum absolute atomic E-state index is 0.268. The standard InChI is InChI=1S/C18H30N2O4S/c1-4-19-14-15-9-11-20(12-10-15)25(21,22)16-7-8-17(23-5-2)18(13-16)24-6-3/h7-8,13,15,19H,4-6,9-12,14H2,1-3H3. The molecule has 1 aliphatic heterocycles. The van der Waals surface area contributed by atoms with Gasteiger partial charge in [0.2, 0.25) is 10.0 Å². The molecule has 1 fully saturated rings. The summed E-state index contributed by atoms with van der Waals surface area (Å²) >= 11 is 0. The van der Waals surface area contributed by atoms with Crippen LogP contribution >= 0.6 is 0 Å². The van der Waals surface area contributed by atoms with Gasteiger partial charge in [-0.1, -0.05) is 6.92 Å². The van der Waals surface area contributed by atoms with Crippen molar-refractivity contribution in [2.75, 3.05) is 39.4 Å². The van der Waals surface area contributed by atoms with Crippen molar-refractivity contribution >= 4 is 10.0 Å². The molecule has 1 N–H and O–H groups in total. The van der Waals surface area contributed by atoms with Crippen LogP contribution in [0.4, 0.5) is 0 Å². The quantitative estimate of drug-likeness (QED) is 0.723. The van der Waals surface area contributed by atoms with E-state index in [1.165, 1.54) is 0 Å². The summed E-state index contributed by atoms with van der Waals surface area (Å²) in [5.74, 6) is 1.60. The van der Waals surface area contributed by atoms with E-state index in [9.17, 15) is 8.42 Å². The maximum Gasteiger partial charge on any atom is 0.243 e. The van der Waals surface area contributed by atoms with Crippen LogP contribution in [-0.2, 0) is 10.0 Å². The van der Waals surface area contributed by atoms with Crippen LogP contribution in [0.2, 0.25) is 0 Å². The normalized spacial score (nSPS) is 16.8. The van der Waals surface area contributed by atoms with Gasteiger partial charge in [0.05, 0.1) is 18.1 Å². The third kappa shape index (κ3) is 5.09. The number of hydrogen-bond acceptors (Lipinski definition) is 5. The summed E-state index contributed by atoms with van der Waals surface area (Å²) in [6.45, 7) is 9.84. The molecule has 7 heteroatoms. The molecule has 0 saturated carbocycles. The van der Waals surface area contributed by atoms with Crippen molar-refractivity contribution in [3.05, 3.63) is 18.2 Å². The number of piperidine rings is 1. The number of ether oxygens (including phenoxy) is 2. The zero-order chi connectivity index (χ0) is 18.3. The van der Waals surface area contributed by atoms with Crippen LogP contribution < -0.4 is 14.8 Å². The van der Waals surface area contributed by atoms with Crippen LogP contribution in [0.25, 0.3) is 0 Å².